The second-order valence-corrected chi connectivity index (χ2v) is 3.28. The lowest BCUT2D eigenvalue weighted by Gasteiger charge is -2.04. The van der Waals surface area contributed by atoms with Gasteiger partial charge < -0.3 is 5.32 Å². The minimum atomic E-state index is 0.660. The molecule has 5 nitrogen and oxygen atoms in total. The van der Waals surface area contributed by atoms with Gasteiger partial charge in [0, 0.05) is 31.3 Å². The summed E-state index contributed by atoms with van der Waals surface area (Å²) in [5, 5.41) is 7.22. The predicted molar refractivity (Wildman–Crippen MR) is 57.5 cm³/mol. The van der Waals surface area contributed by atoms with Crippen molar-refractivity contribution in [3.63, 3.8) is 0 Å². The molecule has 0 amide bonds. The SMILES string of the molecule is Cc1cnc(NCCn2cccn2)nc1. The van der Waals surface area contributed by atoms with Gasteiger partial charge in [-0.25, -0.2) is 9.97 Å². The molecule has 0 radical (unpaired) electrons. The Balaban J connectivity index is 1.81. The fraction of sp³-hybridized carbons (Fsp3) is 0.300. The van der Waals surface area contributed by atoms with Crippen LogP contribution in [-0.4, -0.2) is 26.3 Å². The van der Waals surface area contributed by atoms with Crippen LogP contribution in [0.1, 0.15) is 5.56 Å². The number of anilines is 1. The molecule has 0 saturated heterocycles. The number of nitrogens with one attached hydrogen (secondary N) is 1. The Kier molecular flexibility index (Phi) is 2.92. The molecule has 2 aromatic heterocycles. The molecule has 78 valence electrons. The van der Waals surface area contributed by atoms with E-state index in [1.54, 1.807) is 18.6 Å². The van der Waals surface area contributed by atoms with Crippen molar-refractivity contribution in [2.24, 2.45) is 0 Å². The van der Waals surface area contributed by atoms with E-state index in [0.29, 0.717) is 5.95 Å². The molecule has 15 heavy (non-hydrogen) atoms. The van der Waals surface area contributed by atoms with Crippen LogP contribution in [0.5, 0.6) is 0 Å². The molecule has 5 heteroatoms. The summed E-state index contributed by atoms with van der Waals surface area (Å²) >= 11 is 0. The van der Waals surface area contributed by atoms with E-state index < -0.39 is 0 Å². The Labute approximate surface area is 88.2 Å². The molecule has 0 saturated carbocycles. The third-order valence-electron chi connectivity index (χ3n) is 1.96. The summed E-state index contributed by atoms with van der Waals surface area (Å²) in [7, 11) is 0. The van der Waals surface area contributed by atoms with E-state index in [2.05, 4.69) is 20.4 Å². The van der Waals surface area contributed by atoms with Crippen molar-refractivity contribution in [3.8, 4) is 0 Å². The molecule has 0 fully saturated rings. The van der Waals surface area contributed by atoms with Gasteiger partial charge in [0.05, 0.1) is 6.54 Å². The Hall–Kier alpha value is -1.91. The molecule has 0 aromatic carbocycles. The van der Waals surface area contributed by atoms with E-state index in [-0.39, 0.29) is 0 Å². The lowest BCUT2D eigenvalue weighted by atomic mass is 10.4. The molecule has 2 rings (SSSR count). The summed E-state index contributed by atoms with van der Waals surface area (Å²) in [4.78, 5) is 8.29. The fourth-order valence-electron chi connectivity index (χ4n) is 1.20. The fourth-order valence-corrected chi connectivity index (χ4v) is 1.20. The van der Waals surface area contributed by atoms with Crippen LogP contribution in [0, 0.1) is 6.92 Å². The number of hydrogen-bond donors (Lipinski definition) is 1. The van der Waals surface area contributed by atoms with Crippen molar-refractivity contribution in [1.82, 2.24) is 19.7 Å². The molecule has 2 aromatic rings. The van der Waals surface area contributed by atoms with Gasteiger partial charge in [0.1, 0.15) is 0 Å². The second kappa shape index (κ2) is 4.54. The van der Waals surface area contributed by atoms with Gasteiger partial charge in [0.15, 0.2) is 0 Å². The van der Waals surface area contributed by atoms with Crippen LogP contribution < -0.4 is 5.32 Å². The minimum Gasteiger partial charge on any atom is -0.352 e. The van der Waals surface area contributed by atoms with Gasteiger partial charge in [-0.3, -0.25) is 4.68 Å². The minimum absolute atomic E-state index is 0.660. The highest BCUT2D eigenvalue weighted by Gasteiger charge is 1.94. The summed E-state index contributed by atoms with van der Waals surface area (Å²) in [6.07, 6.45) is 7.28. The van der Waals surface area contributed by atoms with Crippen molar-refractivity contribution >= 4 is 5.95 Å². The Bertz CT molecular complexity index is 392. The Morgan fingerprint density at radius 1 is 1.33 bits per heavy atom. The molecule has 0 atom stereocenters. The highest BCUT2D eigenvalue weighted by molar-refractivity contribution is 5.23. The predicted octanol–water partition coefficient (Wildman–Crippen LogP) is 1.09. The molecular formula is C10H13N5. The van der Waals surface area contributed by atoms with Gasteiger partial charge in [0.2, 0.25) is 5.95 Å². The second-order valence-electron chi connectivity index (χ2n) is 3.28. The van der Waals surface area contributed by atoms with E-state index in [1.807, 2.05) is 23.9 Å². The standard InChI is InChI=1S/C10H13N5/c1-9-7-12-10(13-8-9)11-4-6-15-5-2-3-14-15/h2-3,5,7-8H,4,6H2,1H3,(H,11,12,13). The van der Waals surface area contributed by atoms with Crippen molar-refractivity contribution in [1.29, 1.82) is 0 Å². The molecular weight excluding hydrogens is 190 g/mol. The molecule has 0 aliphatic carbocycles. The average molecular weight is 203 g/mol. The van der Waals surface area contributed by atoms with E-state index in [9.17, 15) is 0 Å². The van der Waals surface area contributed by atoms with Crippen LogP contribution in [0.4, 0.5) is 5.95 Å². The molecule has 0 bridgehead atoms. The van der Waals surface area contributed by atoms with Crippen molar-refractivity contribution in [2.45, 2.75) is 13.5 Å². The summed E-state index contributed by atoms with van der Waals surface area (Å²) in [5.74, 6) is 0.660. The summed E-state index contributed by atoms with van der Waals surface area (Å²) < 4.78 is 1.86. The Morgan fingerprint density at radius 2 is 2.13 bits per heavy atom. The third-order valence-corrected chi connectivity index (χ3v) is 1.96. The van der Waals surface area contributed by atoms with Crippen LogP contribution in [0.25, 0.3) is 0 Å². The maximum absolute atomic E-state index is 4.15. The number of aromatic nitrogens is 4. The number of aryl methyl sites for hydroxylation is 1. The lowest BCUT2D eigenvalue weighted by Crippen LogP contribution is -2.12. The van der Waals surface area contributed by atoms with E-state index in [0.717, 1.165) is 18.7 Å². The van der Waals surface area contributed by atoms with Crippen molar-refractivity contribution < 1.29 is 0 Å². The molecule has 1 N–H and O–H groups in total. The molecule has 0 spiro atoms. The van der Waals surface area contributed by atoms with Crippen LogP contribution in [0.3, 0.4) is 0 Å². The quantitative estimate of drug-likeness (QED) is 0.808. The van der Waals surface area contributed by atoms with Gasteiger partial charge in [-0.15, -0.1) is 0 Å². The maximum Gasteiger partial charge on any atom is 0.222 e. The van der Waals surface area contributed by atoms with E-state index in [4.69, 9.17) is 0 Å². The van der Waals surface area contributed by atoms with Crippen molar-refractivity contribution in [3.05, 3.63) is 36.4 Å². The van der Waals surface area contributed by atoms with Crippen LogP contribution in [-0.2, 0) is 6.54 Å². The summed E-state index contributed by atoms with van der Waals surface area (Å²) in [5.41, 5.74) is 1.06. The average Bonchev–Trinajstić information content (AvgIpc) is 2.74. The topological polar surface area (TPSA) is 55.6 Å². The normalized spacial score (nSPS) is 10.2. The van der Waals surface area contributed by atoms with Crippen LogP contribution >= 0.6 is 0 Å². The molecule has 0 aliphatic heterocycles. The first kappa shape index (κ1) is 9.64. The smallest absolute Gasteiger partial charge is 0.222 e. The van der Waals surface area contributed by atoms with Gasteiger partial charge in [0.25, 0.3) is 0 Å². The Morgan fingerprint density at radius 3 is 2.80 bits per heavy atom. The lowest BCUT2D eigenvalue weighted by molar-refractivity contribution is 0.636. The number of rotatable bonds is 4. The monoisotopic (exact) mass is 203 g/mol. The van der Waals surface area contributed by atoms with Crippen LogP contribution in [0.15, 0.2) is 30.9 Å². The number of nitrogens with zero attached hydrogens (tertiary/aromatic N) is 4. The molecule has 0 aliphatic rings. The van der Waals surface area contributed by atoms with Crippen molar-refractivity contribution in [2.75, 3.05) is 11.9 Å². The highest BCUT2D eigenvalue weighted by Crippen LogP contribution is 1.97. The van der Waals surface area contributed by atoms with Gasteiger partial charge in [-0.2, -0.15) is 5.10 Å². The van der Waals surface area contributed by atoms with Gasteiger partial charge in [-0.1, -0.05) is 0 Å². The summed E-state index contributed by atoms with van der Waals surface area (Å²) in [6.45, 7) is 3.54. The zero-order chi connectivity index (χ0) is 10.5. The first-order valence-corrected chi connectivity index (χ1v) is 4.84. The number of hydrogen-bond acceptors (Lipinski definition) is 4. The zero-order valence-corrected chi connectivity index (χ0v) is 8.59. The van der Waals surface area contributed by atoms with Crippen LogP contribution in [0.2, 0.25) is 0 Å². The highest BCUT2D eigenvalue weighted by atomic mass is 15.3. The zero-order valence-electron chi connectivity index (χ0n) is 8.59. The van der Waals surface area contributed by atoms with E-state index in [1.165, 1.54) is 0 Å². The molecule has 0 unspecified atom stereocenters. The van der Waals surface area contributed by atoms with Gasteiger partial charge in [-0.05, 0) is 18.6 Å². The third kappa shape index (κ3) is 2.77. The van der Waals surface area contributed by atoms with E-state index >= 15 is 0 Å². The first-order chi connectivity index (χ1) is 7.34. The first-order valence-electron chi connectivity index (χ1n) is 4.84. The summed E-state index contributed by atoms with van der Waals surface area (Å²) in [6, 6.07) is 1.91. The molecule has 2 heterocycles. The van der Waals surface area contributed by atoms with Gasteiger partial charge >= 0.3 is 0 Å². The maximum atomic E-state index is 4.15. The largest absolute Gasteiger partial charge is 0.352 e.